The molecule has 1 N–H and O–H groups in total. The number of halogens is 1. The van der Waals surface area contributed by atoms with Crippen LogP contribution in [0, 0.1) is 32.5 Å². The molecule has 30 heavy (non-hydrogen) atoms. The van der Waals surface area contributed by atoms with Crippen molar-refractivity contribution in [3.63, 3.8) is 0 Å². The highest BCUT2D eigenvalue weighted by atomic mass is 32.2. The summed E-state index contributed by atoms with van der Waals surface area (Å²) in [6.07, 6.45) is 1.25. The smallest absolute Gasteiger partial charge is 0.243 e. The molecule has 2 aromatic carbocycles. The molecule has 7 heteroatoms. The number of amides is 1. The summed E-state index contributed by atoms with van der Waals surface area (Å²) in [5.41, 5.74) is 4.57. The summed E-state index contributed by atoms with van der Waals surface area (Å²) in [7, 11) is -3.76. The van der Waals surface area contributed by atoms with E-state index < -0.39 is 21.8 Å². The monoisotopic (exact) mass is 432 g/mol. The summed E-state index contributed by atoms with van der Waals surface area (Å²) >= 11 is 0. The lowest BCUT2D eigenvalue weighted by molar-refractivity contribution is -0.126. The molecule has 2 unspecified atom stereocenters. The van der Waals surface area contributed by atoms with Crippen molar-refractivity contribution in [2.24, 2.45) is 5.92 Å². The van der Waals surface area contributed by atoms with Crippen molar-refractivity contribution in [2.75, 3.05) is 13.1 Å². The van der Waals surface area contributed by atoms with Crippen molar-refractivity contribution >= 4 is 15.9 Å². The number of piperidine rings is 1. The normalized spacial score (nSPS) is 18.8. The topological polar surface area (TPSA) is 66.5 Å². The second kappa shape index (κ2) is 8.86. The quantitative estimate of drug-likeness (QED) is 0.776. The minimum Gasteiger partial charge on any atom is -0.349 e. The van der Waals surface area contributed by atoms with E-state index in [4.69, 9.17) is 0 Å². The van der Waals surface area contributed by atoms with Gasteiger partial charge in [-0.1, -0.05) is 12.1 Å². The Kier molecular flexibility index (Phi) is 6.62. The van der Waals surface area contributed by atoms with Gasteiger partial charge >= 0.3 is 0 Å². The molecule has 2 aromatic rings. The van der Waals surface area contributed by atoms with Gasteiger partial charge in [-0.3, -0.25) is 4.79 Å². The van der Waals surface area contributed by atoms with Crippen LogP contribution in [0.1, 0.15) is 48.1 Å². The van der Waals surface area contributed by atoms with E-state index in [0.29, 0.717) is 19.4 Å². The molecular weight excluding hydrogens is 403 g/mol. The molecule has 0 spiro atoms. The molecule has 0 bridgehead atoms. The maximum atomic E-state index is 13.2. The molecule has 1 saturated heterocycles. The van der Waals surface area contributed by atoms with Crippen LogP contribution in [0.15, 0.2) is 41.3 Å². The second-order valence-corrected chi connectivity index (χ2v) is 10.1. The molecule has 0 radical (unpaired) electrons. The van der Waals surface area contributed by atoms with E-state index in [9.17, 15) is 17.6 Å². The Hall–Kier alpha value is -2.25. The maximum absolute atomic E-state index is 13.2. The van der Waals surface area contributed by atoms with Gasteiger partial charge < -0.3 is 5.32 Å². The lowest BCUT2D eigenvalue weighted by Crippen LogP contribution is -2.45. The van der Waals surface area contributed by atoms with Gasteiger partial charge in [-0.25, -0.2) is 12.8 Å². The number of rotatable bonds is 5. The Morgan fingerprint density at radius 2 is 1.73 bits per heavy atom. The Balaban J connectivity index is 1.71. The van der Waals surface area contributed by atoms with Crippen molar-refractivity contribution in [1.82, 2.24) is 9.62 Å². The fraction of sp³-hybridized carbons (Fsp3) is 0.435. The van der Waals surface area contributed by atoms with Crippen LogP contribution in [0.3, 0.4) is 0 Å². The number of nitrogens with one attached hydrogen (secondary N) is 1. The number of sulfonamides is 1. The number of nitrogens with zero attached hydrogens (tertiary/aromatic N) is 1. The summed E-state index contributed by atoms with van der Waals surface area (Å²) in [4.78, 5) is 13.0. The van der Waals surface area contributed by atoms with Crippen molar-refractivity contribution in [2.45, 2.75) is 51.5 Å². The second-order valence-electron chi connectivity index (χ2n) is 8.18. The van der Waals surface area contributed by atoms with Crippen LogP contribution in [0.25, 0.3) is 0 Å². The van der Waals surface area contributed by atoms with Gasteiger partial charge in [-0.2, -0.15) is 4.31 Å². The largest absolute Gasteiger partial charge is 0.349 e. The highest BCUT2D eigenvalue weighted by molar-refractivity contribution is 7.89. The van der Waals surface area contributed by atoms with Gasteiger partial charge in [-0.05, 0) is 87.1 Å². The van der Waals surface area contributed by atoms with Gasteiger partial charge in [-0.15, -0.1) is 0 Å². The molecule has 2 atom stereocenters. The van der Waals surface area contributed by atoms with Crippen molar-refractivity contribution < 1.29 is 17.6 Å². The Labute approximate surface area is 178 Å². The number of aryl methyl sites for hydroxylation is 3. The summed E-state index contributed by atoms with van der Waals surface area (Å²) < 4.78 is 40.3. The van der Waals surface area contributed by atoms with Crippen molar-refractivity contribution in [3.05, 3.63) is 64.5 Å². The third kappa shape index (κ3) is 4.73. The number of benzene rings is 2. The molecule has 162 valence electrons. The molecule has 3 rings (SSSR count). The molecule has 0 aromatic heterocycles. The van der Waals surface area contributed by atoms with Crippen LogP contribution in [-0.4, -0.2) is 31.7 Å². The predicted octanol–water partition coefficient (Wildman–Crippen LogP) is 4.03. The summed E-state index contributed by atoms with van der Waals surface area (Å²) in [5, 5.41) is 3.06. The first-order valence-corrected chi connectivity index (χ1v) is 11.7. The van der Waals surface area contributed by atoms with E-state index in [1.807, 2.05) is 20.8 Å². The number of hydrogen-bond donors (Lipinski definition) is 1. The third-order valence-electron chi connectivity index (χ3n) is 5.91. The molecule has 1 amide bonds. The zero-order valence-corrected chi connectivity index (χ0v) is 18.7. The molecule has 1 fully saturated rings. The van der Waals surface area contributed by atoms with Gasteiger partial charge in [0.15, 0.2) is 0 Å². The third-order valence-corrected chi connectivity index (χ3v) is 7.79. The predicted molar refractivity (Wildman–Crippen MR) is 115 cm³/mol. The number of carbonyl (C=O) groups excluding carboxylic acids is 1. The minimum atomic E-state index is -3.76. The number of hydrogen-bond acceptors (Lipinski definition) is 3. The van der Waals surface area contributed by atoms with Crippen LogP contribution in [0.4, 0.5) is 4.39 Å². The molecule has 1 aliphatic rings. The van der Waals surface area contributed by atoms with Crippen molar-refractivity contribution in [3.8, 4) is 0 Å². The summed E-state index contributed by atoms with van der Waals surface area (Å²) in [6, 6.07) is 8.84. The minimum absolute atomic E-state index is 0.0454. The van der Waals surface area contributed by atoms with Gasteiger partial charge in [0.25, 0.3) is 0 Å². The van der Waals surface area contributed by atoms with Crippen LogP contribution in [-0.2, 0) is 14.8 Å². The SMILES string of the molecule is Cc1cc(C)c(C(C)NC(=O)C2CCCN(S(=O)(=O)c3ccc(F)cc3)C2)cc1C. The highest BCUT2D eigenvalue weighted by Gasteiger charge is 2.33. The lowest BCUT2D eigenvalue weighted by atomic mass is 9.95. The number of carbonyl (C=O) groups is 1. The van der Waals surface area contributed by atoms with Gasteiger partial charge in [0, 0.05) is 13.1 Å². The van der Waals surface area contributed by atoms with Crippen LogP contribution >= 0.6 is 0 Å². The Morgan fingerprint density at radius 1 is 1.10 bits per heavy atom. The molecule has 0 aliphatic carbocycles. The van der Waals surface area contributed by atoms with E-state index in [1.165, 1.54) is 27.6 Å². The van der Waals surface area contributed by atoms with Crippen LogP contribution in [0.5, 0.6) is 0 Å². The standard InChI is InChI=1S/C23H29FN2O3S/c1-15-12-17(3)22(13-16(15)2)18(4)25-23(27)19-6-5-11-26(14-19)30(28,29)21-9-7-20(24)8-10-21/h7-10,12-13,18-19H,5-6,11,14H2,1-4H3,(H,25,27). The zero-order valence-electron chi connectivity index (χ0n) is 17.9. The fourth-order valence-corrected chi connectivity index (χ4v) is 5.51. The fourth-order valence-electron chi connectivity index (χ4n) is 3.99. The van der Waals surface area contributed by atoms with Gasteiger partial charge in [0.05, 0.1) is 16.9 Å². The first-order valence-electron chi connectivity index (χ1n) is 10.2. The van der Waals surface area contributed by atoms with Crippen LogP contribution in [0.2, 0.25) is 0 Å². The first-order chi connectivity index (χ1) is 14.1. The van der Waals surface area contributed by atoms with E-state index in [1.54, 1.807) is 0 Å². The van der Waals surface area contributed by atoms with Gasteiger partial charge in [0.1, 0.15) is 5.82 Å². The molecule has 5 nitrogen and oxygen atoms in total. The van der Waals surface area contributed by atoms with E-state index in [0.717, 1.165) is 23.3 Å². The molecule has 1 aliphatic heterocycles. The molecule has 1 heterocycles. The first kappa shape index (κ1) is 22.4. The van der Waals surface area contributed by atoms with Gasteiger partial charge in [0.2, 0.25) is 15.9 Å². The zero-order chi connectivity index (χ0) is 22.1. The Bertz CT molecular complexity index is 1040. The van der Waals surface area contributed by atoms with Crippen LogP contribution < -0.4 is 5.32 Å². The van der Waals surface area contributed by atoms with E-state index in [-0.39, 0.29) is 23.4 Å². The van der Waals surface area contributed by atoms with E-state index >= 15 is 0 Å². The molecule has 0 saturated carbocycles. The summed E-state index contributed by atoms with van der Waals surface area (Å²) in [6.45, 7) is 8.58. The van der Waals surface area contributed by atoms with E-state index in [2.05, 4.69) is 24.4 Å². The molecular formula is C23H29FN2O3S. The Morgan fingerprint density at radius 3 is 2.40 bits per heavy atom. The lowest BCUT2D eigenvalue weighted by Gasteiger charge is -2.32. The average molecular weight is 433 g/mol. The average Bonchev–Trinajstić information content (AvgIpc) is 2.71. The highest BCUT2D eigenvalue weighted by Crippen LogP contribution is 2.26. The summed E-state index contributed by atoms with van der Waals surface area (Å²) in [5.74, 6) is -1.04. The van der Waals surface area contributed by atoms with Crippen molar-refractivity contribution in [1.29, 1.82) is 0 Å². The maximum Gasteiger partial charge on any atom is 0.243 e.